The summed E-state index contributed by atoms with van der Waals surface area (Å²) in [6.45, 7) is 7.46. The van der Waals surface area contributed by atoms with Gasteiger partial charge in [-0.25, -0.2) is 0 Å². The molecule has 0 saturated carbocycles. The van der Waals surface area contributed by atoms with Crippen LogP contribution in [0.4, 0.5) is 0 Å². The fraction of sp³-hybridized carbons (Fsp3) is 0.333. The van der Waals surface area contributed by atoms with Crippen LogP contribution >= 0.6 is 15.9 Å². The SMILES string of the molecule is CCNC(Cc1cc(C)cc(C)c1)c1cccc(Br)c1. The summed E-state index contributed by atoms with van der Waals surface area (Å²) < 4.78 is 1.14. The second kappa shape index (κ2) is 7.05. The van der Waals surface area contributed by atoms with Crippen LogP contribution in [0.1, 0.15) is 35.2 Å². The quantitative estimate of drug-likeness (QED) is 0.816. The molecule has 2 rings (SSSR count). The molecule has 1 N–H and O–H groups in total. The van der Waals surface area contributed by atoms with Gasteiger partial charge in [0.1, 0.15) is 0 Å². The Kier molecular flexibility index (Phi) is 5.38. The normalized spacial score (nSPS) is 12.4. The van der Waals surface area contributed by atoms with E-state index in [1.807, 2.05) is 0 Å². The van der Waals surface area contributed by atoms with Crippen LogP contribution < -0.4 is 5.32 Å². The third-order valence-corrected chi connectivity index (χ3v) is 3.92. The van der Waals surface area contributed by atoms with E-state index in [0.717, 1.165) is 17.4 Å². The van der Waals surface area contributed by atoms with Gasteiger partial charge in [-0.3, -0.25) is 0 Å². The first kappa shape index (κ1) is 15.3. The molecule has 0 aromatic heterocycles. The highest BCUT2D eigenvalue weighted by molar-refractivity contribution is 9.10. The predicted molar refractivity (Wildman–Crippen MR) is 90.2 cm³/mol. The average molecular weight is 332 g/mol. The Morgan fingerprint density at radius 1 is 1.05 bits per heavy atom. The van der Waals surface area contributed by atoms with Crippen molar-refractivity contribution in [3.63, 3.8) is 0 Å². The first-order valence-corrected chi connectivity index (χ1v) is 7.94. The molecule has 106 valence electrons. The van der Waals surface area contributed by atoms with Gasteiger partial charge in [-0.2, -0.15) is 0 Å². The van der Waals surface area contributed by atoms with E-state index in [9.17, 15) is 0 Å². The number of nitrogens with one attached hydrogen (secondary N) is 1. The summed E-state index contributed by atoms with van der Waals surface area (Å²) in [4.78, 5) is 0. The summed E-state index contributed by atoms with van der Waals surface area (Å²) >= 11 is 3.56. The molecule has 0 amide bonds. The number of benzene rings is 2. The Morgan fingerprint density at radius 3 is 2.35 bits per heavy atom. The number of hydrogen-bond donors (Lipinski definition) is 1. The summed E-state index contributed by atoms with van der Waals surface area (Å²) in [5.74, 6) is 0. The van der Waals surface area contributed by atoms with E-state index in [4.69, 9.17) is 0 Å². The van der Waals surface area contributed by atoms with Crippen molar-refractivity contribution < 1.29 is 0 Å². The second-order valence-electron chi connectivity index (χ2n) is 5.37. The average Bonchev–Trinajstić information content (AvgIpc) is 2.37. The molecule has 0 bridgehead atoms. The molecule has 0 heterocycles. The van der Waals surface area contributed by atoms with E-state index in [-0.39, 0.29) is 0 Å². The molecule has 0 aliphatic heterocycles. The third-order valence-electron chi connectivity index (χ3n) is 3.42. The van der Waals surface area contributed by atoms with Gasteiger partial charge in [0, 0.05) is 10.5 Å². The fourth-order valence-electron chi connectivity index (χ4n) is 2.70. The second-order valence-corrected chi connectivity index (χ2v) is 6.28. The van der Waals surface area contributed by atoms with Crippen LogP contribution in [-0.4, -0.2) is 6.54 Å². The van der Waals surface area contributed by atoms with Crippen molar-refractivity contribution in [2.75, 3.05) is 6.54 Å². The van der Waals surface area contributed by atoms with Crippen LogP contribution in [0.15, 0.2) is 46.9 Å². The Morgan fingerprint density at radius 2 is 1.75 bits per heavy atom. The minimum Gasteiger partial charge on any atom is -0.310 e. The largest absolute Gasteiger partial charge is 0.310 e. The lowest BCUT2D eigenvalue weighted by Crippen LogP contribution is -2.23. The number of hydrogen-bond acceptors (Lipinski definition) is 1. The Bertz CT molecular complexity index is 557. The molecule has 2 heteroatoms. The number of halogens is 1. The summed E-state index contributed by atoms with van der Waals surface area (Å²) in [6.07, 6.45) is 1.02. The van der Waals surface area contributed by atoms with Gasteiger partial charge in [0.2, 0.25) is 0 Å². The molecule has 2 aromatic carbocycles. The lowest BCUT2D eigenvalue weighted by molar-refractivity contribution is 0.549. The smallest absolute Gasteiger partial charge is 0.0361 e. The van der Waals surface area contributed by atoms with E-state index < -0.39 is 0 Å². The van der Waals surface area contributed by atoms with E-state index in [2.05, 4.69) is 84.5 Å². The van der Waals surface area contributed by atoms with Crippen LogP contribution in [0.3, 0.4) is 0 Å². The molecular weight excluding hydrogens is 310 g/mol. The molecule has 0 radical (unpaired) electrons. The molecule has 0 fully saturated rings. The molecule has 1 nitrogen and oxygen atoms in total. The maximum Gasteiger partial charge on any atom is 0.0361 e. The van der Waals surface area contributed by atoms with Crippen molar-refractivity contribution in [2.45, 2.75) is 33.2 Å². The molecule has 2 aromatic rings. The fourth-order valence-corrected chi connectivity index (χ4v) is 3.12. The third kappa shape index (κ3) is 4.19. The zero-order chi connectivity index (χ0) is 14.5. The number of likely N-dealkylation sites (N-methyl/N-ethyl adjacent to an activating group) is 1. The van der Waals surface area contributed by atoms with E-state index in [1.54, 1.807) is 0 Å². The van der Waals surface area contributed by atoms with Crippen LogP contribution in [0.25, 0.3) is 0 Å². The summed E-state index contributed by atoms with van der Waals surface area (Å²) in [6, 6.07) is 15.7. The minimum absolute atomic E-state index is 0.360. The first-order chi connectivity index (χ1) is 9.58. The highest BCUT2D eigenvalue weighted by Crippen LogP contribution is 2.23. The van der Waals surface area contributed by atoms with Crippen molar-refractivity contribution in [1.29, 1.82) is 0 Å². The van der Waals surface area contributed by atoms with Crippen LogP contribution in [0.5, 0.6) is 0 Å². The summed E-state index contributed by atoms with van der Waals surface area (Å²) in [5, 5.41) is 3.59. The van der Waals surface area contributed by atoms with Gasteiger partial charge in [-0.1, -0.05) is 64.3 Å². The molecule has 0 saturated heterocycles. The van der Waals surface area contributed by atoms with E-state index in [0.29, 0.717) is 6.04 Å². The van der Waals surface area contributed by atoms with Gasteiger partial charge < -0.3 is 5.32 Å². The summed E-state index contributed by atoms with van der Waals surface area (Å²) in [7, 11) is 0. The molecule has 1 atom stereocenters. The standard InChI is InChI=1S/C18H22BrN/c1-4-20-18(16-6-5-7-17(19)12-16)11-15-9-13(2)8-14(3)10-15/h5-10,12,18,20H,4,11H2,1-3H3. The van der Waals surface area contributed by atoms with Crippen LogP contribution in [-0.2, 0) is 6.42 Å². The highest BCUT2D eigenvalue weighted by Gasteiger charge is 2.12. The number of aryl methyl sites for hydroxylation is 2. The minimum atomic E-state index is 0.360. The molecule has 0 aliphatic carbocycles. The van der Waals surface area contributed by atoms with Crippen molar-refractivity contribution in [3.05, 3.63) is 69.2 Å². The predicted octanol–water partition coefficient (Wildman–Crippen LogP) is 4.96. The lowest BCUT2D eigenvalue weighted by atomic mass is 9.96. The first-order valence-electron chi connectivity index (χ1n) is 7.14. The molecular formula is C18H22BrN. The zero-order valence-corrected chi connectivity index (χ0v) is 14.0. The van der Waals surface area contributed by atoms with Gasteiger partial charge in [0.15, 0.2) is 0 Å². The lowest BCUT2D eigenvalue weighted by Gasteiger charge is -2.19. The Hall–Kier alpha value is -1.12. The van der Waals surface area contributed by atoms with Gasteiger partial charge in [0.25, 0.3) is 0 Å². The van der Waals surface area contributed by atoms with Gasteiger partial charge in [-0.15, -0.1) is 0 Å². The molecule has 0 aliphatic rings. The Labute approximate surface area is 130 Å². The monoisotopic (exact) mass is 331 g/mol. The number of rotatable bonds is 5. The van der Waals surface area contributed by atoms with Gasteiger partial charge in [0.05, 0.1) is 0 Å². The van der Waals surface area contributed by atoms with Crippen molar-refractivity contribution in [2.24, 2.45) is 0 Å². The van der Waals surface area contributed by atoms with Crippen molar-refractivity contribution in [3.8, 4) is 0 Å². The molecule has 20 heavy (non-hydrogen) atoms. The Balaban J connectivity index is 2.25. The topological polar surface area (TPSA) is 12.0 Å². The van der Waals surface area contributed by atoms with Crippen molar-refractivity contribution >= 4 is 15.9 Å². The van der Waals surface area contributed by atoms with E-state index in [1.165, 1.54) is 22.3 Å². The van der Waals surface area contributed by atoms with Crippen LogP contribution in [0.2, 0.25) is 0 Å². The van der Waals surface area contributed by atoms with Crippen molar-refractivity contribution in [1.82, 2.24) is 5.32 Å². The zero-order valence-electron chi connectivity index (χ0n) is 12.4. The van der Waals surface area contributed by atoms with Gasteiger partial charge in [-0.05, 0) is 50.1 Å². The van der Waals surface area contributed by atoms with Gasteiger partial charge >= 0.3 is 0 Å². The van der Waals surface area contributed by atoms with E-state index >= 15 is 0 Å². The maximum absolute atomic E-state index is 3.59. The van der Waals surface area contributed by atoms with Crippen LogP contribution in [0, 0.1) is 13.8 Å². The molecule has 1 unspecified atom stereocenters. The molecule has 0 spiro atoms. The maximum atomic E-state index is 3.59. The highest BCUT2D eigenvalue weighted by atomic mass is 79.9. The summed E-state index contributed by atoms with van der Waals surface area (Å²) in [5.41, 5.74) is 5.41.